The molecule has 4 rings (SSSR count). The number of fused-ring (bicyclic) bond motifs is 1. The summed E-state index contributed by atoms with van der Waals surface area (Å²) >= 11 is 9.24. The first-order chi connectivity index (χ1) is 13.7. The number of amides is 1. The Labute approximate surface area is 174 Å². The number of benzene rings is 1. The summed E-state index contributed by atoms with van der Waals surface area (Å²) in [5, 5.41) is 3.06. The zero-order chi connectivity index (χ0) is 19.5. The molecule has 5 nitrogen and oxygen atoms in total. The summed E-state index contributed by atoms with van der Waals surface area (Å²) in [5.41, 5.74) is 0.634. The zero-order valence-corrected chi connectivity index (χ0v) is 17.2. The number of nitrogens with zero attached hydrogens (tertiary/aromatic N) is 2. The Kier molecular flexibility index (Phi) is 5.47. The third-order valence-electron chi connectivity index (χ3n) is 3.99. The molecular formula is C20H15ClN2O3S2. The van der Waals surface area contributed by atoms with Gasteiger partial charge in [0, 0.05) is 11.0 Å². The molecule has 0 atom stereocenters. The third-order valence-corrected chi connectivity index (χ3v) is 6.37. The van der Waals surface area contributed by atoms with Gasteiger partial charge in [0.1, 0.15) is 17.0 Å². The SMILES string of the molecule is COc1ccc(Cl)c2sc(N(Cc3ccco3)C(=O)/C=C/c3cccs3)nc12. The summed E-state index contributed by atoms with van der Waals surface area (Å²) in [6, 6.07) is 11.0. The number of halogens is 1. The zero-order valence-electron chi connectivity index (χ0n) is 14.8. The molecule has 8 heteroatoms. The molecule has 0 saturated carbocycles. The molecule has 0 unspecified atom stereocenters. The number of thiophene rings is 1. The highest BCUT2D eigenvalue weighted by atomic mass is 35.5. The molecule has 0 saturated heterocycles. The minimum atomic E-state index is -0.195. The van der Waals surface area contributed by atoms with Crippen molar-refractivity contribution in [3.05, 3.63) is 69.8 Å². The van der Waals surface area contributed by atoms with Crippen LogP contribution in [0, 0.1) is 0 Å². The van der Waals surface area contributed by atoms with Crippen LogP contribution in [0.25, 0.3) is 16.3 Å². The van der Waals surface area contributed by atoms with Crippen LogP contribution < -0.4 is 9.64 Å². The van der Waals surface area contributed by atoms with E-state index in [9.17, 15) is 4.79 Å². The summed E-state index contributed by atoms with van der Waals surface area (Å²) in [5.74, 6) is 1.08. The summed E-state index contributed by atoms with van der Waals surface area (Å²) in [4.78, 5) is 20.2. The fourth-order valence-electron chi connectivity index (χ4n) is 2.65. The number of hydrogen-bond donors (Lipinski definition) is 0. The molecule has 3 aromatic heterocycles. The molecule has 3 heterocycles. The second-order valence-electron chi connectivity index (χ2n) is 5.78. The number of furan rings is 1. The molecular weight excluding hydrogens is 416 g/mol. The average molecular weight is 431 g/mol. The van der Waals surface area contributed by atoms with E-state index in [1.165, 1.54) is 11.3 Å². The molecule has 0 fully saturated rings. The van der Waals surface area contributed by atoms with Crippen LogP contribution in [0.15, 0.2) is 58.5 Å². The number of carbonyl (C=O) groups is 1. The second kappa shape index (κ2) is 8.18. The van der Waals surface area contributed by atoms with Crippen molar-refractivity contribution in [1.29, 1.82) is 0 Å². The van der Waals surface area contributed by atoms with E-state index >= 15 is 0 Å². The van der Waals surface area contributed by atoms with Crippen LogP contribution in [0.3, 0.4) is 0 Å². The Hall–Kier alpha value is -2.61. The number of aromatic nitrogens is 1. The molecule has 0 aliphatic carbocycles. The van der Waals surface area contributed by atoms with Crippen LogP contribution >= 0.6 is 34.3 Å². The molecule has 28 heavy (non-hydrogen) atoms. The van der Waals surface area contributed by atoms with E-state index in [2.05, 4.69) is 4.98 Å². The van der Waals surface area contributed by atoms with E-state index in [0.29, 0.717) is 27.2 Å². The molecule has 4 aromatic rings. The summed E-state index contributed by atoms with van der Waals surface area (Å²) in [6.07, 6.45) is 4.92. The van der Waals surface area contributed by atoms with Crippen molar-refractivity contribution in [3.63, 3.8) is 0 Å². The summed E-state index contributed by atoms with van der Waals surface area (Å²) < 4.78 is 11.6. The summed E-state index contributed by atoms with van der Waals surface area (Å²) in [6.45, 7) is 0.264. The Morgan fingerprint density at radius 1 is 1.32 bits per heavy atom. The monoisotopic (exact) mass is 430 g/mol. The van der Waals surface area contributed by atoms with Crippen LogP contribution in [0.1, 0.15) is 10.6 Å². The van der Waals surface area contributed by atoms with E-state index in [1.54, 1.807) is 60.0 Å². The molecule has 0 aliphatic rings. The van der Waals surface area contributed by atoms with Gasteiger partial charge in [0.25, 0.3) is 5.91 Å². The van der Waals surface area contributed by atoms with E-state index in [1.807, 2.05) is 23.6 Å². The standard InChI is InChI=1S/C20H15ClN2O3S2/c1-25-16-8-7-15(21)19-18(16)22-20(28-19)23(12-13-4-2-10-26-13)17(24)9-6-14-5-3-11-27-14/h2-11H,12H2,1H3/b9-6+. The van der Waals surface area contributed by atoms with Gasteiger partial charge in [-0.3, -0.25) is 9.69 Å². The largest absolute Gasteiger partial charge is 0.494 e. The van der Waals surface area contributed by atoms with E-state index in [-0.39, 0.29) is 12.5 Å². The number of methoxy groups -OCH3 is 1. The lowest BCUT2D eigenvalue weighted by molar-refractivity contribution is -0.114. The lowest BCUT2D eigenvalue weighted by Gasteiger charge is -2.16. The lowest BCUT2D eigenvalue weighted by Crippen LogP contribution is -2.28. The third kappa shape index (κ3) is 3.82. The highest BCUT2D eigenvalue weighted by Gasteiger charge is 2.22. The molecule has 1 amide bonds. The maximum absolute atomic E-state index is 13.0. The van der Waals surface area contributed by atoms with Crippen LogP contribution in [-0.4, -0.2) is 18.0 Å². The fourth-order valence-corrected chi connectivity index (χ4v) is 4.53. The number of ether oxygens (including phenoxy) is 1. The Morgan fingerprint density at radius 3 is 2.93 bits per heavy atom. The smallest absolute Gasteiger partial charge is 0.253 e. The molecule has 0 aliphatic heterocycles. The predicted molar refractivity (Wildman–Crippen MR) is 114 cm³/mol. The first-order valence-corrected chi connectivity index (χ1v) is 10.4. The Morgan fingerprint density at radius 2 is 2.21 bits per heavy atom. The molecule has 0 spiro atoms. The van der Waals surface area contributed by atoms with Crippen LogP contribution in [0.4, 0.5) is 5.13 Å². The van der Waals surface area contributed by atoms with Gasteiger partial charge < -0.3 is 9.15 Å². The van der Waals surface area contributed by atoms with Gasteiger partial charge in [-0.05, 0) is 41.8 Å². The van der Waals surface area contributed by atoms with E-state index in [0.717, 1.165) is 9.58 Å². The molecule has 0 bridgehead atoms. The molecule has 142 valence electrons. The fraction of sp³-hybridized carbons (Fsp3) is 0.100. The normalized spacial score (nSPS) is 11.4. The van der Waals surface area contributed by atoms with Gasteiger partial charge in [-0.25, -0.2) is 4.98 Å². The minimum Gasteiger partial charge on any atom is -0.494 e. The van der Waals surface area contributed by atoms with Gasteiger partial charge in [0.15, 0.2) is 5.13 Å². The van der Waals surface area contributed by atoms with E-state index in [4.69, 9.17) is 20.8 Å². The van der Waals surface area contributed by atoms with Crippen molar-refractivity contribution in [2.24, 2.45) is 0 Å². The quantitative estimate of drug-likeness (QED) is 0.359. The van der Waals surface area contributed by atoms with Gasteiger partial charge in [-0.1, -0.05) is 29.0 Å². The average Bonchev–Trinajstić information content (AvgIpc) is 3.46. The Bertz CT molecular complexity index is 1120. The van der Waals surface area contributed by atoms with Crippen LogP contribution in [0.5, 0.6) is 5.75 Å². The highest BCUT2D eigenvalue weighted by molar-refractivity contribution is 7.23. The maximum Gasteiger partial charge on any atom is 0.253 e. The van der Waals surface area contributed by atoms with Crippen LogP contribution in [-0.2, 0) is 11.3 Å². The van der Waals surface area contributed by atoms with Crippen molar-refractivity contribution < 1.29 is 13.9 Å². The first-order valence-electron chi connectivity index (χ1n) is 8.34. The van der Waals surface area contributed by atoms with Crippen LogP contribution in [0.2, 0.25) is 5.02 Å². The maximum atomic E-state index is 13.0. The highest BCUT2D eigenvalue weighted by Crippen LogP contribution is 2.39. The van der Waals surface area contributed by atoms with Gasteiger partial charge in [-0.2, -0.15) is 0 Å². The van der Waals surface area contributed by atoms with Crippen molar-refractivity contribution in [3.8, 4) is 5.75 Å². The number of hydrogen-bond acceptors (Lipinski definition) is 6. The minimum absolute atomic E-state index is 0.195. The number of thiazole rings is 1. The first kappa shape index (κ1) is 18.7. The predicted octanol–water partition coefficient (Wildman–Crippen LogP) is 5.86. The number of carbonyl (C=O) groups excluding carboxylic acids is 1. The van der Waals surface area contributed by atoms with Gasteiger partial charge in [-0.15, -0.1) is 11.3 Å². The second-order valence-corrected chi connectivity index (χ2v) is 8.14. The van der Waals surface area contributed by atoms with Crippen molar-refractivity contribution >= 4 is 61.6 Å². The molecule has 0 radical (unpaired) electrons. The number of anilines is 1. The van der Waals surface area contributed by atoms with Gasteiger partial charge in [0.2, 0.25) is 0 Å². The van der Waals surface area contributed by atoms with E-state index < -0.39 is 0 Å². The van der Waals surface area contributed by atoms with Gasteiger partial charge >= 0.3 is 0 Å². The van der Waals surface area contributed by atoms with Crippen molar-refractivity contribution in [2.45, 2.75) is 6.54 Å². The van der Waals surface area contributed by atoms with Crippen molar-refractivity contribution in [1.82, 2.24) is 4.98 Å². The lowest BCUT2D eigenvalue weighted by atomic mass is 10.3. The van der Waals surface area contributed by atoms with Crippen molar-refractivity contribution in [2.75, 3.05) is 12.0 Å². The van der Waals surface area contributed by atoms with Gasteiger partial charge in [0.05, 0.1) is 29.6 Å². The molecule has 0 N–H and O–H groups in total. The topological polar surface area (TPSA) is 55.6 Å². The molecule has 1 aromatic carbocycles. The summed E-state index contributed by atoms with van der Waals surface area (Å²) in [7, 11) is 1.58. The number of rotatable bonds is 6. The Balaban J connectivity index is 1.73.